The summed E-state index contributed by atoms with van der Waals surface area (Å²) in [5.41, 5.74) is 6.38. The lowest BCUT2D eigenvalue weighted by Crippen LogP contribution is -1.90. The van der Waals surface area contributed by atoms with E-state index in [2.05, 4.69) is 0 Å². The Hall–Kier alpha value is -1.03. The maximum atomic E-state index is 10.7. The first-order valence-electron chi connectivity index (χ1n) is 4.78. The number of aryl methyl sites for hydroxylation is 1. The summed E-state index contributed by atoms with van der Waals surface area (Å²) in [6, 6.07) is 1.56. The normalized spacial score (nSPS) is 15.7. The molecule has 76 valence electrons. The average Bonchev–Trinajstić information content (AvgIpc) is 2.87. The van der Waals surface area contributed by atoms with E-state index in [4.69, 9.17) is 10.8 Å². The molecule has 0 saturated heterocycles. The summed E-state index contributed by atoms with van der Waals surface area (Å²) in [4.78, 5) is 12.1. The Morgan fingerprint density at radius 3 is 2.86 bits per heavy atom. The second kappa shape index (κ2) is 3.61. The number of thiophene rings is 1. The number of carbonyl (C=O) groups is 1. The van der Waals surface area contributed by atoms with Gasteiger partial charge in [0, 0.05) is 10.6 Å². The highest BCUT2D eigenvalue weighted by Crippen LogP contribution is 2.35. The molecule has 1 fully saturated rings. The van der Waals surface area contributed by atoms with E-state index in [0.29, 0.717) is 10.6 Å². The van der Waals surface area contributed by atoms with Gasteiger partial charge in [-0.05, 0) is 24.8 Å². The van der Waals surface area contributed by atoms with Crippen molar-refractivity contribution >= 4 is 23.0 Å². The van der Waals surface area contributed by atoms with Crippen molar-refractivity contribution in [3.63, 3.8) is 0 Å². The van der Waals surface area contributed by atoms with E-state index in [-0.39, 0.29) is 0 Å². The third-order valence-electron chi connectivity index (χ3n) is 2.53. The van der Waals surface area contributed by atoms with Gasteiger partial charge in [-0.2, -0.15) is 0 Å². The number of rotatable bonds is 4. The summed E-state index contributed by atoms with van der Waals surface area (Å²) in [5, 5.41) is 8.77. The van der Waals surface area contributed by atoms with Crippen molar-refractivity contribution in [2.24, 2.45) is 5.92 Å². The van der Waals surface area contributed by atoms with Crippen molar-refractivity contribution in [3.8, 4) is 0 Å². The van der Waals surface area contributed by atoms with Crippen LogP contribution in [-0.4, -0.2) is 11.1 Å². The van der Waals surface area contributed by atoms with E-state index >= 15 is 0 Å². The lowest BCUT2D eigenvalue weighted by Gasteiger charge is -1.96. The molecule has 0 radical (unpaired) electrons. The van der Waals surface area contributed by atoms with Gasteiger partial charge in [-0.3, -0.25) is 0 Å². The van der Waals surface area contributed by atoms with E-state index in [1.807, 2.05) is 0 Å². The minimum atomic E-state index is -0.876. The van der Waals surface area contributed by atoms with Gasteiger partial charge < -0.3 is 10.8 Å². The van der Waals surface area contributed by atoms with Crippen molar-refractivity contribution in [1.82, 2.24) is 0 Å². The topological polar surface area (TPSA) is 63.3 Å². The molecule has 0 aromatic carbocycles. The Bertz CT molecular complexity index is 355. The van der Waals surface area contributed by atoms with Gasteiger partial charge in [0.2, 0.25) is 0 Å². The van der Waals surface area contributed by atoms with Crippen LogP contribution in [0.2, 0.25) is 0 Å². The van der Waals surface area contributed by atoms with Crippen LogP contribution in [0.3, 0.4) is 0 Å². The van der Waals surface area contributed by atoms with Crippen LogP contribution in [-0.2, 0) is 6.42 Å². The number of carboxylic acid groups (broad SMARTS) is 1. The maximum absolute atomic E-state index is 10.7. The van der Waals surface area contributed by atoms with Gasteiger partial charge in [0.25, 0.3) is 0 Å². The van der Waals surface area contributed by atoms with E-state index < -0.39 is 5.97 Å². The first-order chi connectivity index (χ1) is 6.66. The Balaban J connectivity index is 2.03. The molecule has 0 aliphatic heterocycles. The van der Waals surface area contributed by atoms with Crippen molar-refractivity contribution < 1.29 is 9.90 Å². The number of hydrogen-bond donors (Lipinski definition) is 2. The molecule has 0 bridgehead atoms. The summed E-state index contributed by atoms with van der Waals surface area (Å²) in [5.74, 6) is -0.0100. The molecule has 1 saturated carbocycles. The monoisotopic (exact) mass is 211 g/mol. The van der Waals surface area contributed by atoms with Crippen LogP contribution >= 0.6 is 11.3 Å². The molecule has 1 heterocycles. The maximum Gasteiger partial charge on any atom is 0.345 e. The zero-order valence-electron chi connectivity index (χ0n) is 7.82. The van der Waals surface area contributed by atoms with E-state index in [9.17, 15) is 4.79 Å². The largest absolute Gasteiger partial charge is 0.477 e. The summed E-state index contributed by atoms with van der Waals surface area (Å²) in [6.07, 6.45) is 4.76. The molecule has 4 heteroatoms. The second-order valence-corrected chi connectivity index (χ2v) is 4.91. The average molecular weight is 211 g/mol. The zero-order valence-corrected chi connectivity index (χ0v) is 8.64. The molecule has 3 nitrogen and oxygen atoms in total. The zero-order chi connectivity index (χ0) is 10.1. The van der Waals surface area contributed by atoms with Crippen molar-refractivity contribution in [2.45, 2.75) is 25.7 Å². The van der Waals surface area contributed by atoms with E-state index in [1.165, 1.54) is 24.2 Å². The second-order valence-electron chi connectivity index (χ2n) is 3.78. The van der Waals surface area contributed by atoms with Crippen LogP contribution in [0.25, 0.3) is 0 Å². The highest BCUT2D eigenvalue weighted by Gasteiger charge is 2.21. The van der Waals surface area contributed by atoms with Crippen LogP contribution in [0.4, 0.5) is 5.69 Å². The van der Waals surface area contributed by atoms with Crippen molar-refractivity contribution in [3.05, 3.63) is 15.8 Å². The first-order valence-corrected chi connectivity index (χ1v) is 5.60. The molecule has 3 N–H and O–H groups in total. The summed E-state index contributed by atoms with van der Waals surface area (Å²) in [6.45, 7) is 0. The quantitative estimate of drug-likeness (QED) is 0.803. The Kier molecular flexibility index (Phi) is 2.46. The Labute approximate surface area is 86.6 Å². The van der Waals surface area contributed by atoms with Gasteiger partial charge in [-0.1, -0.05) is 12.8 Å². The van der Waals surface area contributed by atoms with E-state index in [1.54, 1.807) is 6.07 Å². The predicted molar refractivity (Wildman–Crippen MR) is 56.7 cm³/mol. The first kappa shape index (κ1) is 9.52. The molecule has 0 spiro atoms. The Morgan fingerprint density at radius 1 is 1.64 bits per heavy atom. The fraction of sp³-hybridized carbons (Fsp3) is 0.500. The standard InChI is InChI=1S/C10H13NO2S/c11-7-5-9(10(12)13)14-8(7)4-3-6-1-2-6/h5-6H,1-4,11H2,(H,12,13). The minimum Gasteiger partial charge on any atom is -0.477 e. The SMILES string of the molecule is Nc1cc(C(=O)O)sc1CCC1CC1. The number of aromatic carboxylic acids is 1. The van der Waals surface area contributed by atoms with Crippen molar-refractivity contribution in [2.75, 3.05) is 5.73 Å². The fourth-order valence-corrected chi connectivity index (χ4v) is 2.42. The minimum absolute atomic E-state index is 0.355. The predicted octanol–water partition coefficient (Wildman–Crippen LogP) is 2.37. The van der Waals surface area contributed by atoms with Gasteiger partial charge in [0.15, 0.2) is 0 Å². The number of nitrogen functional groups attached to an aromatic ring is 1. The molecular weight excluding hydrogens is 198 g/mol. The van der Waals surface area contributed by atoms with Crippen LogP contribution in [0.5, 0.6) is 0 Å². The third kappa shape index (κ3) is 2.07. The highest BCUT2D eigenvalue weighted by atomic mass is 32.1. The van der Waals surface area contributed by atoms with Gasteiger partial charge in [-0.25, -0.2) is 4.79 Å². The third-order valence-corrected chi connectivity index (χ3v) is 3.73. The van der Waals surface area contributed by atoms with Gasteiger partial charge in [0.1, 0.15) is 4.88 Å². The van der Waals surface area contributed by atoms with Crippen LogP contribution in [0.15, 0.2) is 6.07 Å². The summed E-state index contributed by atoms with van der Waals surface area (Å²) >= 11 is 1.31. The summed E-state index contributed by atoms with van der Waals surface area (Å²) < 4.78 is 0. The number of anilines is 1. The van der Waals surface area contributed by atoms with Gasteiger partial charge in [0.05, 0.1) is 0 Å². The number of hydrogen-bond acceptors (Lipinski definition) is 3. The number of nitrogens with two attached hydrogens (primary N) is 1. The molecule has 0 atom stereocenters. The van der Waals surface area contributed by atoms with Gasteiger partial charge >= 0.3 is 5.97 Å². The molecule has 1 aromatic heterocycles. The molecule has 1 aliphatic rings. The molecule has 1 aliphatic carbocycles. The number of carboxylic acids is 1. The molecule has 0 unspecified atom stereocenters. The van der Waals surface area contributed by atoms with Crippen molar-refractivity contribution in [1.29, 1.82) is 0 Å². The van der Waals surface area contributed by atoms with Gasteiger partial charge in [-0.15, -0.1) is 11.3 Å². The Morgan fingerprint density at radius 2 is 2.36 bits per heavy atom. The summed E-state index contributed by atoms with van der Waals surface area (Å²) in [7, 11) is 0. The lowest BCUT2D eigenvalue weighted by atomic mass is 10.2. The molecule has 14 heavy (non-hydrogen) atoms. The van der Waals surface area contributed by atoms with Crippen LogP contribution in [0, 0.1) is 5.92 Å². The van der Waals surface area contributed by atoms with Crippen LogP contribution < -0.4 is 5.73 Å². The fourth-order valence-electron chi connectivity index (χ4n) is 1.49. The van der Waals surface area contributed by atoms with E-state index in [0.717, 1.165) is 23.6 Å². The molecular formula is C10H13NO2S. The van der Waals surface area contributed by atoms with Crippen LogP contribution in [0.1, 0.15) is 33.8 Å². The highest BCUT2D eigenvalue weighted by molar-refractivity contribution is 7.14. The molecule has 1 aromatic rings. The molecule has 2 rings (SSSR count). The molecule has 0 amide bonds. The lowest BCUT2D eigenvalue weighted by molar-refractivity contribution is 0.0702. The smallest absolute Gasteiger partial charge is 0.345 e.